The molecular weight excluding hydrogens is 431 g/mol. The fourth-order valence-corrected chi connectivity index (χ4v) is 4.61. The lowest BCUT2D eigenvalue weighted by Gasteiger charge is -2.38. The summed E-state index contributed by atoms with van der Waals surface area (Å²) in [5.74, 6) is 0.645. The minimum atomic E-state index is -0.706. The second-order valence-electron chi connectivity index (χ2n) is 9.55. The van der Waals surface area contributed by atoms with Crippen LogP contribution in [-0.4, -0.2) is 67.9 Å². The maximum Gasteiger partial charge on any atom is 0.155 e. The Labute approximate surface area is 198 Å². The second-order valence-corrected chi connectivity index (χ2v) is 9.55. The number of fused-ring (bicyclic) bond motifs is 1. The lowest BCUT2D eigenvalue weighted by atomic mass is 10.1. The quantitative estimate of drug-likeness (QED) is 0.489. The van der Waals surface area contributed by atoms with Gasteiger partial charge in [-0.3, -0.25) is 9.88 Å². The van der Waals surface area contributed by atoms with Crippen LogP contribution in [0.3, 0.4) is 0 Å². The summed E-state index contributed by atoms with van der Waals surface area (Å²) in [6.45, 7) is 9.80. The largest absolute Gasteiger partial charge is 0.389 e. The normalized spacial score (nSPS) is 15.3. The third-order valence-electron chi connectivity index (χ3n) is 6.13. The summed E-state index contributed by atoms with van der Waals surface area (Å²) >= 11 is 0. The maximum atomic E-state index is 13.6. The number of hydrogen-bond acceptors (Lipinski definition) is 6. The molecule has 3 aromatic heterocycles. The summed E-state index contributed by atoms with van der Waals surface area (Å²) < 4.78 is 15.5. The van der Waals surface area contributed by atoms with Crippen LogP contribution in [0.2, 0.25) is 0 Å². The molecule has 1 saturated heterocycles. The van der Waals surface area contributed by atoms with Crippen molar-refractivity contribution in [3.63, 3.8) is 0 Å². The van der Waals surface area contributed by atoms with E-state index in [9.17, 15) is 9.50 Å². The Morgan fingerprint density at radius 3 is 2.29 bits per heavy atom. The van der Waals surface area contributed by atoms with E-state index in [1.165, 1.54) is 12.1 Å². The third kappa shape index (κ3) is 4.51. The molecule has 0 amide bonds. The van der Waals surface area contributed by atoms with Crippen molar-refractivity contribution < 1.29 is 9.50 Å². The minimum Gasteiger partial charge on any atom is -0.389 e. The number of β-amino-alcohol motifs (C(OH)–C–C–N with tert-alkyl or cyclic N) is 1. The average molecular weight is 461 g/mol. The fraction of sp³-hybridized carbons (Fsp3) is 0.346. The van der Waals surface area contributed by atoms with Gasteiger partial charge in [-0.1, -0.05) is 0 Å². The van der Waals surface area contributed by atoms with Crippen molar-refractivity contribution in [2.24, 2.45) is 0 Å². The molecule has 0 unspecified atom stereocenters. The lowest BCUT2D eigenvalue weighted by molar-refractivity contribution is 0.0344. The van der Waals surface area contributed by atoms with Crippen LogP contribution in [0.25, 0.3) is 28.2 Å². The molecule has 4 heterocycles. The number of aromatic nitrogens is 4. The van der Waals surface area contributed by atoms with Gasteiger partial charge in [-0.2, -0.15) is 0 Å². The number of hydrogen-bond donors (Lipinski definition) is 1. The van der Waals surface area contributed by atoms with E-state index in [1.807, 2.05) is 30.5 Å². The Bertz CT molecular complexity index is 1290. The number of piperazine rings is 1. The molecule has 0 spiro atoms. The van der Waals surface area contributed by atoms with E-state index in [4.69, 9.17) is 10.1 Å². The molecule has 34 heavy (non-hydrogen) atoms. The number of nitrogens with zero attached hydrogens (tertiary/aromatic N) is 6. The van der Waals surface area contributed by atoms with E-state index in [0.29, 0.717) is 6.54 Å². The summed E-state index contributed by atoms with van der Waals surface area (Å²) in [6.07, 6.45) is 3.50. The number of aryl methyl sites for hydroxylation is 1. The van der Waals surface area contributed by atoms with E-state index in [0.717, 1.165) is 65.7 Å². The summed E-state index contributed by atoms with van der Waals surface area (Å²) in [5.41, 5.74) is 4.48. The summed E-state index contributed by atoms with van der Waals surface area (Å²) in [5, 5.41) is 15.2. The van der Waals surface area contributed by atoms with Gasteiger partial charge in [0.15, 0.2) is 11.5 Å². The monoisotopic (exact) mass is 460 g/mol. The van der Waals surface area contributed by atoms with Gasteiger partial charge in [0.25, 0.3) is 0 Å². The van der Waals surface area contributed by atoms with Crippen LogP contribution in [0.1, 0.15) is 19.4 Å². The molecule has 5 rings (SSSR count). The van der Waals surface area contributed by atoms with Crippen LogP contribution in [0, 0.1) is 12.7 Å². The van der Waals surface area contributed by atoms with Crippen LogP contribution in [-0.2, 0) is 0 Å². The standard InChI is InChI=1S/C26H29FN6O/c1-18-16-22-29-23(19-4-6-21(27)7-5-19)24(20-8-10-28-11-9-20)33(22)30-25(18)32-14-12-31(13-15-32)17-26(2,3)34/h4-11,16,34H,12-15,17H2,1-3H3. The van der Waals surface area contributed by atoms with Crippen molar-refractivity contribution in [1.82, 2.24) is 24.5 Å². The van der Waals surface area contributed by atoms with E-state index >= 15 is 0 Å². The van der Waals surface area contributed by atoms with Crippen molar-refractivity contribution in [3.05, 3.63) is 66.2 Å². The molecule has 1 N–H and O–H groups in total. The highest BCUT2D eigenvalue weighted by Gasteiger charge is 2.25. The zero-order valence-corrected chi connectivity index (χ0v) is 19.7. The zero-order chi connectivity index (χ0) is 23.9. The Hall–Kier alpha value is -3.36. The van der Waals surface area contributed by atoms with Crippen LogP contribution >= 0.6 is 0 Å². The van der Waals surface area contributed by atoms with Gasteiger partial charge in [0.2, 0.25) is 0 Å². The smallest absolute Gasteiger partial charge is 0.155 e. The van der Waals surface area contributed by atoms with E-state index in [2.05, 4.69) is 27.8 Å². The van der Waals surface area contributed by atoms with E-state index in [-0.39, 0.29) is 5.82 Å². The van der Waals surface area contributed by atoms with Crippen LogP contribution in [0.15, 0.2) is 54.9 Å². The predicted octanol–water partition coefficient (Wildman–Crippen LogP) is 3.80. The Kier molecular flexibility index (Phi) is 5.79. The SMILES string of the molecule is Cc1cc2nc(-c3ccc(F)cc3)c(-c3ccncc3)n2nc1N1CCN(CC(C)(C)O)CC1. The topological polar surface area (TPSA) is 69.8 Å². The van der Waals surface area contributed by atoms with Crippen molar-refractivity contribution >= 4 is 11.5 Å². The third-order valence-corrected chi connectivity index (χ3v) is 6.13. The van der Waals surface area contributed by atoms with Gasteiger partial charge in [-0.25, -0.2) is 13.9 Å². The number of imidazole rings is 1. The zero-order valence-electron chi connectivity index (χ0n) is 19.7. The first-order valence-corrected chi connectivity index (χ1v) is 11.5. The Morgan fingerprint density at radius 2 is 1.65 bits per heavy atom. The van der Waals surface area contributed by atoms with Gasteiger partial charge in [-0.15, -0.1) is 5.10 Å². The van der Waals surface area contributed by atoms with E-state index in [1.54, 1.807) is 24.5 Å². The van der Waals surface area contributed by atoms with Gasteiger partial charge < -0.3 is 10.0 Å². The number of rotatable bonds is 5. The average Bonchev–Trinajstić information content (AvgIpc) is 3.17. The molecule has 1 aliphatic heterocycles. The number of benzene rings is 1. The minimum absolute atomic E-state index is 0.280. The molecule has 176 valence electrons. The summed E-state index contributed by atoms with van der Waals surface area (Å²) in [6, 6.07) is 12.3. The van der Waals surface area contributed by atoms with Gasteiger partial charge in [0, 0.05) is 56.2 Å². The first kappa shape index (κ1) is 22.4. The second kappa shape index (κ2) is 8.77. The number of pyridine rings is 1. The molecule has 1 aliphatic rings. The maximum absolute atomic E-state index is 13.6. The highest BCUT2D eigenvalue weighted by molar-refractivity contribution is 5.82. The van der Waals surface area contributed by atoms with Crippen molar-refractivity contribution in [2.45, 2.75) is 26.4 Å². The van der Waals surface area contributed by atoms with Gasteiger partial charge in [0.1, 0.15) is 11.5 Å². The number of halogens is 1. The van der Waals surface area contributed by atoms with Crippen LogP contribution < -0.4 is 4.90 Å². The molecule has 0 saturated carbocycles. The van der Waals surface area contributed by atoms with Gasteiger partial charge in [-0.05, 0) is 68.8 Å². The number of anilines is 1. The van der Waals surface area contributed by atoms with Gasteiger partial charge in [0.05, 0.1) is 11.3 Å². The molecule has 7 nitrogen and oxygen atoms in total. The van der Waals surface area contributed by atoms with Crippen molar-refractivity contribution in [2.75, 3.05) is 37.6 Å². The molecule has 4 aromatic rings. The Balaban J connectivity index is 1.56. The molecule has 8 heteroatoms. The van der Waals surface area contributed by atoms with Gasteiger partial charge >= 0.3 is 0 Å². The molecule has 1 fully saturated rings. The van der Waals surface area contributed by atoms with E-state index < -0.39 is 5.60 Å². The molecule has 0 atom stereocenters. The van der Waals surface area contributed by atoms with Crippen molar-refractivity contribution in [3.8, 4) is 22.5 Å². The first-order valence-electron chi connectivity index (χ1n) is 11.5. The summed E-state index contributed by atoms with van der Waals surface area (Å²) in [7, 11) is 0. The highest BCUT2D eigenvalue weighted by atomic mass is 19.1. The molecule has 0 radical (unpaired) electrons. The lowest BCUT2D eigenvalue weighted by Crippen LogP contribution is -2.51. The number of aliphatic hydroxyl groups is 1. The fourth-order valence-electron chi connectivity index (χ4n) is 4.61. The molecule has 0 aliphatic carbocycles. The Morgan fingerprint density at radius 1 is 0.971 bits per heavy atom. The predicted molar refractivity (Wildman–Crippen MR) is 131 cm³/mol. The molecular formula is C26H29FN6O. The molecule has 1 aromatic carbocycles. The molecule has 0 bridgehead atoms. The van der Waals surface area contributed by atoms with Crippen LogP contribution in [0.4, 0.5) is 10.2 Å². The highest BCUT2D eigenvalue weighted by Crippen LogP contribution is 2.33. The summed E-state index contributed by atoms with van der Waals surface area (Å²) in [4.78, 5) is 13.6. The van der Waals surface area contributed by atoms with Crippen LogP contribution in [0.5, 0.6) is 0 Å². The van der Waals surface area contributed by atoms with Crippen molar-refractivity contribution in [1.29, 1.82) is 0 Å². The first-order chi connectivity index (χ1) is 16.3.